The van der Waals surface area contributed by atoms with E-state index in [4.69, 9.17) is 15.6 Å². The molecule has 0 bridgehead atoms. The van der Waals surface area contributed by atoms with Crippen LogP contribution in [0.3, 0.4) is 0 Å². The molecule has 8 rings (SSSR count). The second-order valence-corrected chi connectivity index (χ2v) is 15.3. The number of rotatable bonds is 15. The Kier molecular flexibility index (Phi) is 11.6. The number of carbonyl (C=O) groups is 5. The molecular weight excluding hydrogens is 751 g/mol. The fraction of sp³-hybridized carbons (Fsp3) is 0.364. The van der Waals surface area contributed by atoms with Crippen molar-refractivity contribution in [1.82, 2.24) is 34.9 Å². The number of carbonyl (C=O) groups excluding carboxylic acids is 5. The summed E-state index contributed by atoms with van der Waals surface area (Å²) in [7, 11) is 0. The molecule has 15 nitrogen and oxygen atoms in total. The van der Waals surface area contributed by atoms with Crippen molar-refractivity contribution in [3.8, 4) is 22.8 Å². The lowest BCUT2D eigenvalue weighted by molar-refractivity contribution is -0.136. The molecule has 4 N–H and O–H groups in total. The van der Waals surface area contributed by atoms with Crippen LogP contribution in [0.25, 0.3) is 22.3 Å². The van der Waals surface area contributed by atoms with Crippen molar-refractivity contribution in [1.29, 1.82) is 0 Å². The quantitative estimate of drug-likeness (QED) is 0.0798. The summed E-state index contributed by atoms with van der Waals surface area (Å²) in [5, 5.41) is 11.3. The number of imide groups is 2. The summed E-state index contributed by atoms with van der Waals surface area (Å²) in [5.74, 6) is -0.101. The van der Waals surface area contributed by atoms with Gasteiger partial charge >= 0.3 is 0 Å². The normalized spacial score (nSPS) is 18.0. The van der Waals surface area contributed by atoms with E-state index in [0.29, 0.717) is 60.0 Å². The lowest BCUT2D eigenvalue weighted by Crippen LogP contribution is -2.54. The van der Waals surface area contributed by atoms with Crippen LogP contribution in [0.4, 0.5) is 11.5 Å². The highest BCUT2D eigenvalue weighted by Gasteiger charge is 2.45. The number of nitrogens with two attached hydrogens (primary N) is 1. The number of nitrogen functional groups attached to an aromatic ring is 1. The van der Waals surface area contributed by atoms with Crippen molar-refractivity contribution in [2.45, 2.75) is 82.7 Å². The Morgan fingerprint density at radius 3 is 2.41 bits per heavy atom. The van der Waals surface area contributed by atoms with Crippen LogP contribution in [0.1, 0.15) is 97.4 Å². The van der Waals surface area contributed by atoms with Gasteiger partial charge in [-0.3, -0.25) is 34.2 Å². The topological polar surface area (TPSA) is 195 Å². The average Bonchev–Trinajstić information content (AvgIpc) is 3.76. The highest BCUT2D eigenvalue weighted by Crippen LogP contribution is 2.36. The van der Waals surface area contributed by atoms with Crippen LogP contribution in [0, 0.1) is 0 Å². The number of benzene rings is 3. The molecule has 0 spiro atoms. The van der Waals surface area contributed by atoms with E-state index in [1.165, 1.54) is 6.33 Å². The highest BCUT2D eigenvalue weighted by molar-refractivity contribution is 6.25. The zero-order valence-electron chi connectivity index (χ0n) is 32.8. The predicted octanol–water partition coefficient (Wildman–Crippen LogP) is 6.28. The number of ether oxygens (including phenoxy) is 1. The van der Waals surface area contributed by atoms with Crippen molar-refractivity contribution in [3.63, 3.8) is 0 Å². The number of nitrogens with zero attached hydrogens (tertiary/aromatic N) is 6. The van der Waals surface area contributed by atoms with Gasteiger partial charge in [-0.05, 0) is 80.6 Å². The number of aromatic nitrogens is 4. The maximum absolute atomic E-state index is 13.4. The molecule has 0 saturated carbocycles. The number of amides is 5. The van der Waals surface area contributed by atoms with E-state index in [-0.39, 0.29) is 35.9 Å². The first-order valence-electron chi connectivity index (χ1n) is 20.4. The van der Waals surface area contributed by atoms with Crippen LogP contribution in [0.2, 0.25) is 0 Å². The number of likely N-dealkylation sites (tertiary alicyclic amines) is 1. The van der Waals surface area contributed by atoms with Gasteiger partial charge in [-0.25, -0.2) is 14.6 Å². The van der Waals surface area contributed by atoms with Crippen molar-refractivity contribution in [3.05, 3.63) is 90.3 Å². The Morgan fingerprint density at radius 2 is 1.61 bits per heavy atom. The first kappa shape index (κ1) is 39.2. The zero-order valence-corrected chi connectivity index (χ0v) is 32.8. The Hall–Kier alpha value is -6.64. The Morgan fingerprint density at radius 1 is 0.847 bits per heavy atom. The third kappa shape index (κ3) is 8.36. The predicted molar refractivity (Wildman–Crippen MR) is 220 cm³/mol. The van der Waals surface area contributed by atoms with Gasteiger partial charge in [0.15, 0.2) is 5.65 Å². The van der Waals surface area contributed by atoms with Crippen LogP contribution < -0.4 is 21.1 Å². The summed E-state index contributed by atoms with van der Waals surface area (Å²) in [6.07, 6.45) is 9.50. The van der Waals surface area contributed by atoms with E-state index in [1.807, 2.05) is 64.2 Å². The molecule has 2 fully saturated rings. The largest absolute Gasteiger partial charge is 0.457 e. The van der Waals surface area contributed by atoms with Gasteiger partial charge in [0.1, 0.15) is 35.4 Å². The molecule has 304 valence electrons. The fourth-order valence-corrected chi connectivity index (χ4v) is 8.29. The summed E-state index contributed by atoms with van der Waals surface area (Å²) < 4.78 is 7.90. The first-order valence-corrected chi connectivity index (χ1v) is 20.4. The minimum Gasteiger partial charge on any atom is -0.457 e. The summed E-state index contributed by atoms with van der Waals surface area (Å²) in [6, 6.07) is 21.3. The molecular formula is C44H47N9O6. The van der Waals surface area contributed by atoms with Gasteiger partial charge in [0, 0.05) is 43.7 Å². The van der Waals surface area contributed by atoms with Crippen LogP contribution >= 0.6 is 0 Å². The van der Waals surface area contributed by atoms with Crippen molar-refractivity contribution in [2.75, 3.05) is 30.7 Å². The maximum atomic E-state index is 13.4. The third-order valence-corrected chi connectivity index (χ3v) is 11.3. The average molecular weight is 798 g/mol. The van der Waals surface area contributed by atoms with Gasteiger partial charge in [-0.2, -0.15) is 5.10 Å². The summed E-state index contributed by atoms with van der Waals surface area (Å²) in [5.41, 5.74) is 9.70. The molecule has 2 unspecified atom stereocenters. The van der Waals surface area contributed by atoms with Crippen LogP contribution in [-0.2, 0) is 14.4 Å². The third-order valence-electron chi connectivity index (χ3n) is 11.3. The molecule has 0 radical (unpaired) electrons. The molecule has 5 amide bonds. The fourth-order valence-electron chi connectivity index (χ4n) is 8.29. The van der Waals surface area contributed by atoms with Gasteiger partial charge in [0.05, 0.1) is 22.6 Å². The number of hydrogen-bond acceptors (Lipinski definition) is 11. The Bertz CT molecular complexity index is 2380. The lowest BCUT2D eigenvalue weighted by Gasteiger charge is -2.33. The molecule has 3 aromatic carbocycles. The van der Waals surface area contributed by atoms with Crippen molar-refractivity contribution >= 4 is 52.1 Å². The van der Waals surface area contributed by atoms with Crippen LogP contribution in [0.15, 0.2) is 79.1 Å². The minimum atomic E-state index is -0.996. The molecule has 5 heterocycles. The number of nitrogens with one attached hydrogen (secondary N) is 2. The molecule has 5 aromatic rings. The van der Waals surface area contributed by atoms with E-state index in [9.17, 15) is 24.0 Å². The second kappa shape index (κ2) is 17.5. The maximum Gasteiger partial charge on any atom is 0.264 e. The van der Waals surface area contributed by atoms with E-state index in [1.54, 1.807) is 18.2 Å². The van der Waals surface area contributed by atoms with E-state index in [2.05, 4.69) is 20.6 Å². The molecule has 2 aromatic heterocycles. The summed E-state index contributed by atoms with van der Waals surface area (Å²) in [6.45, 7) is 1.88. The number of anilines is 2. The smallest absolute Gasteiger partial charge is 0.264 e. The van der Waals surface area contributed by atoms with Crippen LogP contribution in [-0.4, -0.2) is 84.8 Å². The molecule has 0 aliphatic carbocycles. The molecule has 2 atom stereocenters. The van der Waals surface area contributed by atoms with E-state index < -0.39 is 29.7 Å². The Balaban J connectivity index is 0.785. The van der Waals surface area contributed by atoms with Gasteiger partial charge in [0.2, 0.25) is 17.7 Å². The van der Waals surface area contributed by atoms with Gasteiger partial charge in [-0.1, -0.05) is 49.9 Å². The minimum absolute atomic E-state index is 0.0487. The highest BCUT2D eigenvalue weighted by atomic mass is 16.5. The number of hydrogen-bond donors (Lipinski definition) is 3. The summed E-state index contributed by atoms with van der Waals surface area (Å²) >= 11 is 0. The standard InChI is InChI=1S/C44H47N9O6/c45-40-38-39(28-18-20-31(21-19-28)59-30-13-6-5-7-14-30)50-53(41(38)48-27-47-40)29-12-11-25-51(26-29)36(55)17-8-3-1-2-4-9-24-46-33-16-10-15-32-37(33)44(58)52(43(32)57)34-22-23-35(54)49-42(34)56/h5-7,10,13-16,18-21,27,29,34,46H,1-4,8-9,11-12,17,22-26H2,(H2,45,47,48)(H,49,54,56). The van der Waals surface area contributed by atoms with Gasteiger partial charge < -0.3 is 20.7 Å². The molecule has 2 saturated heterocycles. The Labute approximate surface area is 341 Å². The molecule has 3 aliphatic heterocycles. The molecule has 59 heavy (non-hydrogen) atoms. The number of piperidine rings is 2. The van der Waals surface area contributed by atoms with E-state index >= 15 is 0 Å². The lowest BCUT2D eigenvalue weighted by atomic mass is 10.0. The number of fused-ring (bicyclic) bond motifs is 2. The first-order chi connectivity index (χ1) is 28.8. The molecule has 15 heteroatoms. The SMILES string of the molecule is Nc1ncnc2c1c(-c1ccc(Oc3ccccc3)cc1)nn2C1CCCN(C(=O)CCCCCCCCNc2cccc3c2C(=O)N(C2CCC(=O)NC2=O)C3=O)C1. The van der Waals surface area contributed by atoms with Crippen LogP contribution in [0.5, 0.6) is 11.5 Å². The van der Waals surface area contributed by atoms with Gasteiger partial charge in [0.25, 0.3) is 11.8 Å². The number of para-hydroxylation sites is 1. The zero-order chi connectivity index (χ0) is 40.9. The van der Waals surface area contributed by atoms with Crippen molar-refractivity contribution < 1.29 is 28.7 Å². The van der Waals surface area contributed by atoms with Gasteiger partial charge in [-0.15, -0.1) is 0 Å². The summed E-state index contributed by atoms with van der Waals surface area (Å²) in [4.78, 5) is 75.7. The second-order valence-electron chi connectivity index (χ2n) is 15.3. The monoisotopic (exact) mass is 797 g/mol. The van der Waals surface area contributed by atoms with Crippen molar-refractivity contribution in [2.24, 2.45) is 0 Å². The number of unbranched alkanes of at least 4 members (excludes halogenated alkanes) is 5. The van der Waals surface area contributed by atoms with E-state index in [0.717, 1.165) is 67.6 Å². The molecule has 3 aliphatic rings.